The predicted molar refractivity (Wildman–Crippen MR) is 49.5 cm³/mol. The van der Waals surface area contributed by atoms with Gasteiger partial charge in [0.15, 0.2) is 0 Å². The molecule has 0 aliphatic carbocycles. The number of nitro groups is 3. The third kappa shape index (κ3) is 3.21. The molecule has 11 nitrogen and oxygen atoms in total. The molecule has 0 heterocycles. The molecule has 102 valence electrons. The van der Waals surface area contributed by atoms with E-state index in [-0.39, 0.29) is 27.9 Å². The summed E-state index contributed by atoms with van der Waals surface area (Å²) in [6.45, 7) is 0. The van der Waals surface area contributed by atoms with Crippen LogP contribution in [0.4, 0.5) is 17.1 Å². The molecule has 12 heteroatoms. The van der Waals surface area contributed by atoms with Gasteiger partial charge in [-0.15, -0.1) is 0 Å². The fourth-order valence-electron chi connectivity index (χ4n) is 1.05. The van der Waals surface area contributed by atoms with Crippen LogP contribution < -0.4 is 5.11 Å². The van der Waals surface area contributed by atoms with E-state index in [0.717, 1.165) is 0 Å². The second kappa shape index (κ2) is 6.61. The van der Waals surface area contributed by atoms with Gasteiger partial charge >= 0.3 is 39.4 Å². The van der Waals surface area contributed by atoms with Crippen LogP contribution in [-0.2, 0) is 22.4 Å². The summed E-state index contributed by atoms with van der Waals surface area (Å²) in [5.74, 6) is -1.25. The minimum absolute atomic E-state index is 0. The smallest absolute Gasteiger partial charge is 0.868 e. The molecule has 1 aromatic rings. The summed E-state index contributed by atoms with van der Waals surface area (Å²) < 4.78 is 0. The van der Waals surface area contributed by atoms with Gasteiger partial charge in [-0.25, -0.2) is 0 Å². The molecule has 0 spiro atoms. The van der Waals surface area contributed by atoms with Gasteiger partial charge < -0.3 is 10.6 Å². The van der Waals surface area contributed by atoms with E-state index in [4.69, 9.17) is 0 Å². The predicted octanol–water partition coefficient (Wildman–Crippen LogP) is -0.342. The van der Waals surface area contributed by atoms with Gasteiger partial charge in [-0.3, -0.25) is 30.3 Å². The standard InChI is InChI=1S/C6H3N3O7.Ag.H2O/c10-4-2-1-3(7(11)12)5(8(13)14)6(4)9(15)16;;/h1-2,10H;;1H2/q;+1;/p-1. The summed E-state index contributed by atoms with van der Waals surface area (Å²) >= 11 is 0. The minimum atomic E-state index is -1.40. The normalized spacial score (nSPS) is 8.67. The van der Waals surface area contributed by atoms with Crippen LogP contribution in [0.15, 0.2) is 12.1 Å². The third-order valence-corrected chi connectivity index (χ3v) is 1.65. The van der Waals surface area contributed by atoms with Crippen molar-refractivity contribution in [1.29, 1.82) is 0 Å². The molecule has 0 atom stereocenters. The Morgan fingerprint density at radius 3 is 1.61 bits per heavy atom. The Morgan fingerprint density at radius 2 is 1.28 bits per heavy atom. The quantitative estimate of drug-likeness (QED) is 0.403. The molecule has 0 saturated heterocycles. The zero-order valence-electron chi connectivity index (χ0n) is 8.16. The zero-order valence-corrected chi connectivity index (χ0v) is 9.64. The maximum Gasteiger partial charge on any atom is 1.00 e. The number of hydrogen-bond acceptors (Lipinski definition) is 7. The van der Waals surface area contributed by atoms with E-state index in [1.807, 2.05) is 0 Å². The van der Waals surface area contributed by atoms with Gasteiger partial charge in [-0.2, -0.15) is 0 Å². The first-order chi connectivity index (χ1) is 7.36. The van der Waals surface area contributed by atoms with E-state index in [9.17, 15) is 35.4 Å². The summed E-state index contributed by atoms with van der Waals surface area (Å²) in [4.78, 5) is 27.5. The van der Waals surface area contributed by atoms with Crippen molar-refractivity contribution in [3.63, 3.8) is 0 Å². The van der Waals surface area contributed by atoms with Crippen LogP contribution >= 0.6 is 0 Å². The number of rotatable bonds is 3. The summed E-state index contributed by atoms with van der Waals surface area (Å²) in [5, 5.41) is 42.2. The van der Waals surface area contributed by atoms with E-state index in [2.05, 4.69) is 0 Å². The first kappa shape index (κ1) is 18.3. The Hall–Kier alpha value is -2.08. The number of nitro benzene ring substituents is 3. The number of nitrogens with zero attached hydrogens (tertiary/aromatic N) is 3. The first-order valence-electron chi connectivity index (χ1n) is 3.63. The molecule has 0 unspecified atom stereocenters. The van der Waals surface area contributed by atoms with Gasteiger partial charge in [0.05, 0.1) is 14.8 Å². The van der Waals surface area contributed by atoms with Crippen molar-refractivity contribution in [2.75, 3.05) is 0 Å². The molecule has 0 radical (unpaired) electrons. The first-order valence-corrected chi connectivity index (χ1v) is 3.63. The fourth-order valence-corrected chi connectivity index (χ4v) is 1.05. The molecule has 0 amide bonds. The Kier molecular flexibility index (Phi) is 6.71. The topological polar surface area (TPSA) is 184 Å². The molecule has 0 aliphatic heterocycles. The average molecular weight is 354 g/mol. The van der Waals surface area contributed by atoms with Gasteiger partial charge in [0.25, 0.3) is 0 Å². The maximum atomic E-state index is 11.0. The van der Waals surface area contributed by atoms with E-state index < -0.39 is 37.6 Å². The molecular formula is C6H4AgN3O8. The van der Waals surface area contributed by atoms with Crippen LogP contribution in [0.5, 0.6) is 5.75 Å². The SMILES string of the molecule is O.O=[N+]([O-])c1ccc([O-])c([N+](=O)[O-])c1[N+](=O)[O-].[Ag+]. The van der Waals surface area contributed by atoms with Crippen molar-refractivity contribution in [2.45, 2.75) is 0 Å². The van der Waals surface area contributed by atoms with E-state index in [1.54, 1.807) is 0 Å². The average Bonchev–Trinajstić information content (AvgIpc) is 2.15. The Labute approximate surface area is 113 Å². The van der Waals surface area contributed by atoms with Crippen molar-refractivity contribution in [1.82, 2.24) is 0 Å². The second-order valence-corrected chi connectivity index (χ2v) is 2.55. The minimum Gasteiger partial charge on any atom is -0.868 e. The fraction of sp³-hybridized carbons (Fsp3) is 0. The summed E-state index contributed by atoms with van der Waals surface area (Å²) in [7, 11) is 0. The van der Waals surface area contributed by atoms with E-state index >= 15 is 0 Å². The third-order valence-electron chi connectivity index (χ3n) is 1.65. The molecule has 0 bridgehead atoms. The van der Waals surface area contributed by atoms with E-state index in [0.29, 0.717) is 12.1 Å². The Bertz CT molecular complexity index is 504. The van der Waals surface area contributed by atoms with Crippen LogP contribution in [0.25, 0.3) is 0 Å². The van der Waals surface area contributed by atoms with Crippen molar-refractivity contribution in [3.8, 4) is 5.75 Å². The van der Waals surface area contributed by atoms with Crippen LogP contribution in [0.1, 0.15) is 0 Å². The Balaban J connectivity index is 0. The molecule has 0 saturated carbocycles. The molecule has 1 aromatic carbocycles. The molecule has 0 aromatic heterocycles. The van der Waals surface area contributed by atoms with Crippen molar-refractivity contribution in [2.24, 2.45) is 0 Å². The van der Waals surface area contributed by atoms with Gasteiger partial charge in [-0.05, 0) is 5.75 Å². The maximum absolute atomic E-state index is 11.0. The molecule has 2 N–H and O–H groups in total. The van der Waals surface area contributed by atoms with Gasteiger partial charge in [-0.1, -0.05) is 6.07 Å². The summed E-state index contributed by atoms with van der Waals surface area (Å²) in [6.07, 6.45) is 0. The monoisotopic (exact) mass is 353 g/mol. The molecule has 18 heavy (non-hydrogen) atoms. The van der Waals surface area contributed by atoms with Crippen molar-refractivity contribution >= 4 is 17.1 Å². The molecule has 0 fully saturated rings. The van der Waals surface area contributed by atoms with Gasteiger partial charge in [0.2, 0.25) is 0 Å². The van der Waals surface area contributed by atoms with E-state index in [1.165, 1.54) is 0 Å². The molecule has 1 rings (SSSR count). The van der Waals surface area contributed by atoms with Crippen LogP contribution in [0.2, 0.25) is 0 Å². The number of benzene rings is 1. The van der Waals surface area contributed by atoms with Gasteiger partial charge in [0, 0.05) is 6.07 Å². The Morgan fingerprint density at radius 1 is 0.833 bits per heavy atom. The largest absolute Gasteiger partial charge is 1.00 e. The zero-order chi connectivity index (χ0) is 12.5. The van der Waals surface area contributed by atoms with Crippen LogP contribution in [0.3, 0.4) is 0 Å². The van der Waals surface area contributed by atoms with Crippen molar-refractivity contribution in [3.05, 3.63) is 42.5 Å². The van der Waals surface area contributed by atoms with Gasteiger partial charge in [0.1, 0.15) is 0 Å². The van der Waals surface area contributed by atoms with Crippen molar-refractivity contribution < 1.29 is 47.7 Å². The number of hydrogen-bond donors (Lipinski definition) is 0. The molecular weight excluding hydrogens is 350 g/mol. The summed E-state index contributed by atoms with van der Waals surface area (Å²) in [5.41, 5.74) is -3.89. The second-order valence-electron chi connectivity index (χ2n) is 2.55. The molecule has 0 aliphatic rings. The summed E-state index contributed by atoms with van der Waals surface area (Å²) in [6, 6.07) is 1.11. The van der Waals surface area contributed by atoms with Crippen LogP contribution in [0, 0.1) is 30.3 Å². The van der Waals surface area contributed by atoms with Crippen LogP contribution in [-0.4, -0.2) is 20.2 Å².